The van der Waals surface area contributed by atoms with Gasteiger partial charge in [-0.2, -0.15) is 0 Å². The predicted octanol–water partition coefficient (Wildman–Crippen LogP) is 4.22. The van der Waals surface area contributed by atoms with Crippen LogP contribution in [0.1, 0.15) is 32.6 Å². The summed E-state index contributed by atoms with van der Waals surface area (Å²) < 4.78 is 0. The van der Waals surface area contributed by atoms with E-state index >= 15 is 0 Å². The highest BCUT2D eigenvalue weighted by Gasteiger charge is 2.44. The van der Waals surface area contributed by atoms with E-state index in [1.807, 2.05) is 6.92 Å². The lowest BCUT2D eigenvalue weighted by Gasteiger charge is -2.28. The molecule has 3 atom stereocenters. The predicted molar refractivity (Wildman–Crippen MR) is 96.3 cm³/mol. The van der Waals surface area contributed by atoms with Crippen molar-refractivity contribution >= 4 is 40.7 Å². The van der Waals surface area contributed by atoms with Gasteiger partial charge in [-0.1, -0.05) is 35.7 Å². The molecule has 2 fully saturated rings. The van der Waals surface area contributed by atoms with Crippen LogP contribution in [-0.2, 0) is 9.59 Å². The Morgan fingerprint density at radius 2 is 1.92 bits per heavy atom. The fraction of sp³-hybridized carbons (Fsp3) is 0.556. The van der Waals surface area contributed by atoms with Gasteiger partial charge in [0.25, 0.3) is 0 Å². The van der Waals surface area contributed by atoms with Crippen molar-refractivity contribution in [3.8, 4) is 0 Å². The molecule has 3 rings (SSSR count). The van der Waals surface area contributed by atoms with Crippen molar-refractivity contribution in [1.82, 2.24) is 4.90 Å². The molecule has 130 valence electrons. The van der Waals surface area contributed by atoms with Crippen LogP contribution in [0.15, 0.2) is 18.2 Å². The second-order valence-electron chi connectivity index (χ2n) is 6.78. The van der Waals surface area contributed by atoms with E-state index in [4.69, 9.17) is 23.2 Å². The standard InChI is InChI=1S/C18H22Cl2N2O2/c1-2-22(18(24)13-9-11-6-7-12(13)8-11)10-16(23)21-17-14(19)4-3-5-15(17)20/h3-5,11-13H,2,6-10H2,1H3,(H,21,23). The van der Waals surface area contributed by atoms with Crippen molar-refractivity contribution in [3.05, 3.63) is 28.2 Å². The maximum atomic E-state index is 12.8. The molecule has 2 aliphatic rings. The third-order valence-electron chi connectivity index (χ3n) is 5.31. The van der Waals surface area contributed by atoms with Gasteiger partial charge in [-0.05, 0) is 50.2 Å². The molecule has 0 aliphatic heterocycles. The van der Waals surface area contributed by atoms with Crippen LogP contribution < -0.4 is 5.32 Å². The van der Waals surface area contributed by atoms with Crippen molar-refractivity contribution in [3.63, 3.8) is 0 Å². The highest BCUT2D eigenvalue weighted by atomic mass is 35.5. The van der Waals surface area contributed by atoms with Crippen LogP contribution in [0.3, 0.4) is 0 Å². The summed E-state index contributed by atoms with van der Waals surface area (Å²) in [5, 5.41) is 3.50. The van der Waals surface area contributed by atoms with Gasteiger partial charge in [-0.15, -0.1) is 0 Å². The van der Waals surface area contributed by atoms with Gasteiger partial charge in [-0.25, -0.2) is 0 Å². The van der Waals surface area contributed by atoms with Crippen LogP contribution in [0.4, 0.5) is 5.69 Å². The van der Waals surface area contributed by atoms with Crippen LogP contribution in [0.25, 0.3) is 0 Å². The molecule has 0 radical (unpaired) electrons. The molecule has 0 aromatic heterocycles. The number of amides is 2. The summed E-state index contributed by atoms with van der Waals surface area (Å²) in [6, 6.07) is 5.05. The summed E-state index contributed by atoms with van der Waals surface area (Å²) in [4.78, 5) is 26.8. The lowest BCUT2D eigenvalue weighted by atomic mass is 9.87. The lowest BCUT2D eigenvalue weighted by molar-refractivity contribution is -0.139. The average molecular weight is 369 g/mol. The minimum Gasteiger partial charge on any atom is -0.333 e. The van der Waals surface area contributed by atoms with Gasteiger partial charge in [0.15, 0.2) is 0 Å². The summed E-state index contributed by atoms with van der Waals surface area (Å²) >= 11 is 12.1. The van der Waals surface area contributed by atoms with Gasteiger partial charge in [0, 0.05) is 12.5 Å². The molecule has 3 unspecified atom stereocenters. The van der Waals surface area contributed by atoms with Crippen molar-refractivity contribution in [2.24, 2.45) is 17.8 Å². The summed E-state index contributed by atoms with van der Waals surface area (Å²) in [7, 11) is 0. The largest absolute Gasteiger partial charge is 0.333 e. The summed E-state index contributed by atoms with van der Waals surface area (Å²) in [5.41, 5.74) is 0.397. The summed E-state index contributed by atoms with van der Waals surface area (Å²) in [6.45, 7) is 2.46. The molecule has 2 saturated carbocycles. The molecule has 4 nitrogen and oxygen atoms in total. The molecule has 0 spiro atoms. The number of halogens is 2. The zero-order valence-corrected chi connectivity index (χ0v) is 15.2. The van der Waals surface area contributed by atoms with Crippen molar-refractivity contribution in [1.29, 1.82) is 0 Å². The highest BCUT2D eigenvalue weighted by molar-refractivity contribution is 6.39. The van der Waals surface area contributed by atoms with Gasteiger partial charge in [0.05, 0.1) is 22.3 Å². The third kappa shape index (κ3) is 3.55. The van der Waals surface area contributed by atoms with Crippen LogP contribution in [0.5, 0.6) is 0 Å². The first-order chi connectivity index (χ1) is 11.5. The molecular weight excluding hydrogens is 347 g/mol. The minimum atomic E-state index is -0.275. The summed E-state index contributed by atoms with van der Waals surface area (Å²) in [5.74, 6) is 1.16. The Morgan fingerprint density at radius 3 is 2.46 bits per heavy atom. The fourth-order valence-electron chi connectivity index (χ4n) is 4.10. The van der Waals surface area contributed by atoms with E-state index in [0.717, 1.165) is 12.8 Å². The average Bonchev–Trinajstić information content (AvgIpc) is 3.18. The minimum absolute atomic E-state index is 0.0325. The van der Waals surface area contributed by atoms with Crippen LogP contribution in [0, 0.1) is 17.8 Å². The van der Waals surface area contributed by atoms with Gasteiger partial charge in [0.2, 0.25) is 11.8 Å². The first kappa shape index (κ1) is 17.6. The van der Waals surface area contributed by atoms with Gasteiger partial charge >= 0.3 is 0 Å². The van der Waals surface area contributed by atoms with E-state index in [2.05, 4.69) is 5.32 Å². The molecule has 0 heterocycles. The van der Waals surface area contributed by atoms with Crippen LogP contribution in [-0.4, -0.2) is 29.8 Å². The van der Waals surface area contributed by atoms with Crippen molar-refractivity contribution < 1.29 is 9.59 Å². The Hall–Kier alpha value is -1.26. The van der Waals surface area contributed by atoms with Crippen LogP contribution in [0.2, 0.25) is 10.0 Å². The quantitative estimate of drug-likeness (QED) is 0.845. The normalized spacial score (nSPS) is 24.9. The molecule has 2 amide bonds. The molecule has 2 aliphatic carbocycles. The van der Waals surface area contributed by atoms with Crippen molar-refractivity contribution in [2.75, 3.05) is 18.4 Å². The topological polar surface area (TPSA) is 49.4 Å². The number of likely N-dealkylation sites (N-methyl/N-ethyl adjacent to an activating group) is 1. The number of para-hydroxylation sites is 1. The zero-order valence-electron chi connectivity index (χ0n) is 13.7. The first-order valence-electron chi connectivity index (χ1n) is 8.52. The van der Waals surface area contributed by atoms with E-state index in [-0.39, 0.29) is 24.3 Å². The molecular formula is C18H22Cl2N2O2. The maximum Gasteiger partial charge on any atom is 0.244 e. The monoisotopic (exact) mass is 368 g/mol. The molecule has 1 N–H and O–H groups in total. The number of rotatable bonds is 5. The summed E-state index contributed by atoms with van der Waals surface area (Å²) in [6.07, 6.45) is 4.57. The number of hydrogen-bond acceptors (Lipinski definition) is 2. The number of carbonyl (C=O) groups excluding carboxylic acids is 2. The molecule has 24 heavy (non-hydrogen) atoms. The van der Waals surface area contributed by atoms with E-state index in [0.29, 0.717) is 34.1 Å². The van der Waals surface area contributed by atoms with Gasteiger partial charge in [-0.3, -0.25) is 9.59 Å². The number of hydrogen-bond donors (Lipinski definition) is 1. The second kappa shape index (κ2) is 7.32. The van der Waals surface area contributed by atoms with Crippen molar-refractivity contribution in [2.45, 2.75) is 32.6 Å². The Bertz CT molecular complexity index is 630. The Morgan fingerprint density at radius 1 is 1.21 bits per heavy atom. The SMILES string of the molecule is CCN(CC(=O)Nc1c(Cl)cccc1Cl)C(=O)C1CC2CCC1C2. The lowest BCUT2D eigenvalue weighted by Crippen LogP contribution is -2.42. The zero-order chi connectivity index (χ0) is 17.3. The van der Waals surface area contributed by atoms with E-state index in [9.17, 15) is 9.59 Å². The number of carbonyl (C=O) groups is 2. The van der Waals surface area contributed by atoms with E-state index in [1.54, 1.807) is 23.1 Å². The molecule has 1 aromatic carbocycles. The number of anilines is 1. The van der Waals surface area contributed by atoms with Gasteiger partial charge in [0.1, 0.15) is 0 Å². The number of fused-ring (bicyclic) bond motifs is 2. The van der Waals surface area contributed by atoms with Gasteiger partial charge < -0.3 is 10.2 Å². The molecule has 2 bridgehead atoms. The smallest absolute Gasteiger partial charge is 0.244 e. The third-order valence-corrected chi connectivity index (χ3v) is 5.94. The number of benzene rings is 1. The highest BCUT2D eigenvalue weighted by Crippen LogP contribution is 2.48. The van der Waals surface area contributed by atoms with Crippen LogP contribution >= 0.6 is 23.2 Å². The fourth-order valence-corrected chi connectivity index (χ4v) is 4.59. The van der Waals surface area contributed by atoms with E-state index < -0.39 is 0 Å². The Balaban J connectivity index is 1.62. The molecule has 1 aromatic rings. The Kier molecular flexibility index (Phi) is 5.36. The second-order valence-corrected chi connectivity index (χ2v) is 7.59. The first-order valence-corrected chi connectivity index (χ1v) is 9.27. The number of nitrogens with zero attached hydrogens (tertiary/aromatic N) is 1. The maximum absolute atomic E-state index is 12.8. The molecule has 0 saturated heterocycles. The molecule has 6 heteroatoms. The number of nitrogens with one attached hydrogen (secondary N) is 1. The Labute approximate surface area is 152 Å². The van der Waals surface area contributed by atoms with E-state index in [1.165, 1.54) is 12.8 Å².